The fourth-order valence-electron chi connectivity index (χ4n) is 2.20. The van der Waals surface area contributed by atoms with Crippen LogP contribution in [0.15, 0.2) is 28.1 Å². The Bertz CT molecular complexity index is 583. The average Bonchev–Trinajstić information content (AvgIpc) is 3.00. The Morgan fingerprint density at radius 2 is 2.11 bits per heavy atom. The smallest absolute Gasteiger partial charge is 0.337 e. The number of thiophene rings is 1. The second kappa shape index (κ2) is 5.21. The summed E-state index contributed by atoms with van der Waals surface area (Å²) in [6.07, 6.45) is 0.619. The third kappa shape index (κ3) is 2.41. The van der Waals surface area contributed by atoms with Crippen molar-refractivity contribution in [3.63, 3.8) is 0 Å². The Morgan fingerprint density at radius 1 is 1.42 bits per heavy atom. The molecule has 0 amide bonds. The quantitative estimate of drug-likeness (QED) is 0.824. The molecule has 0 radical (unpaired) electrons. The Balaban J connectivity index is 2.48. The number of hydrogen-bond donors (Lipinski definition) is 2. The SMILES string of the molecule is CCC(CC)(c1cc(-c2cccs2)on1)P(=O)(O)O. The maximum atomic E-state index is 11.8. The Kier molecular flexibility index (Phi) is 3.97. The van der Waals surface area contributed by atoms with E-state index in [2.05, 4.69) is 5.16 Å². The maximum absolute atomic E-state index is 11.8. The van der Waals surface area contributed by atoms with E-state index in [-0.39, 0.29) is 0 Å². The second-order valence-electron chi connectivity index (χ2n) is 4.34. The van der Waals surface area contributed by atoms with Gasteiger partial charge in [0.15, 0.2) is 5.76 Å². The summed E-state index contributed by atoms with van der Waals surface area (Å²) < 4.78 is 17.1. The molecule has 0 aliphatic rings. The van der Waals surface area contributed by atoms with Gasteiger partial charge >= 0.3 is 7.60 Å². The average molecular weight is 301 g/mol. The number of hydrogen-bond acceptors (Lipinski definition) is 4. The van der Waals surface area contributed by atoms with Gasteiger partial charge in [-0.15, -0.1) is 11.3 Å². The van der Waals surface area contributed by atoms with E-state index in [0.29, 0.717) is 24.3 Å². The molecule has 19 heavy (non-hydrogen) atoms. The first kappa shape index (κ1) is 14.5. The van der Waals surface area contributed by atoms with Crippen LogP contribution in [-0.2, 0) is 9.72 Å². The lowest BCUT2D eigenvalue weighted by molar-refractivity contribution is 0.304. The largest absolute Gasteiger partial charge is 0.355 e. The van der Waals surface area contributed by atoms with Crippen LogP contribution < -0.4 is 0 Å². The highest BCUT2D eigenvalue weighted by Gasteiger charge is 2.47. The first-order valence-corrected chi connectivity index (χ1v) is 8.50. The minimum Gasteiger partial charge on any atom is -0.355 e. The molecule has 0 bridgehead atoms. The molecule has 0 unspecified atom stereocenters. The van der Waals surface area contributed by atoms with Gasteiger partial charge in [-0.1, -0.05) is 25.1 Å². The molecule has 7 heteroatoms. The number of nitrogens with zero attached hydrogens (tertiary/aromatic N) is 1. The van der Waals surface area contributed by atoms with Crippen molar-refractivity contribution in [3.8, 4) is 10.6 Å². The molecule has 2 rings (SSSR count). The summed E-state index contributed by atoms with van der Waals surface area (Å²) in [5, 5.41) is 4.54. The third-order valence-corrected chi connectivity index (χ3v) is 6.34. The molecule has 2 aromatic heterocycles. The van der Waals surface area contributed by atoms with E-state index in [1.54, 1.807) is 19.9 Å². The summed E-state index contributed by atoms with van der Waals surface area (Å²) in [6.45, 7) is 3.50. The van der Waals surface area contributed by atoms with Crippen LogP contribution in [0.5, 0.6) is 0 Å². The normalized spacial score (nSPS) is 12.8. The van der Waals surface area contributed by atoms with Gasteiger partial charge in [0.05, 0.1) is 4.88 Å². The van der Waals surface area contributed by atoms with Gasteiger partial charge < -0.3 is 14.3 Å². The van der Waals surface area contributed by atoms with Crippen LogP contribution in [0.25, 0.3) is 10.6 Å². The van der Waals surface area contributed by atoms with E-state index in [4.69, 9.17) is 4.52 Å². The summed E-state index contributed by atoms with van der Waals surface area (Å²) >= 11 is 1.49. The predicted molar refractivity (Wildman–Crippen MR) is 74.1 cm³/mol. The van der Waals surface area contributed by atoms with E-state index in [0.717, 1.165) is 4.88 Å². The molecule has 0 aliphatic heterocycles. The van der Waals surface area contributed by atoms with Crippen LogP contribution in [0.4, 0.5) is 0 Å². The van der Waals surface area contributed by atoms with Crippen LogP contribution in [-0.4, -0.2) is 14.9 Å². The van der Waals surface area contributed by atoms with Gasteiger partial charge in [0.25, 0.3) is 0 Å². The van der Waals surface area contributed by atoms with Crippen molar-refractivity contribution in [2.45, 2.75) is 31.8 Å². The number of rotatable bonds is 5. The minimum atomic E-state index is -4.31. The number of aromatic nitrogens is 1. The first-order valence-electron chi connectivity index (χ1n) is 6.01. The van der Waals surface area contributed by atoms with E-state index in [1.165, 1.54) is 11.3 Å². The van der Waals surface area contributed by atoms with Crippen LogP contribution in [0, 0.1) is 0 Å². The summed E-state index contributed by atoms with van der Waals surface area (Å²) in [6, 6.07) is 5.40. The fourth-order valence-corrected chi connectivity index (χ4v) is 4.10. The van der Waals surface area contributed by atoms with Crippen LogP contribution in [0.2, 0.25) is 0 Å². The molecule has 0 aromatic carbocycles. The van der Waals surface area contributed by atoms with Gasteiger partial charge in [0.2, 0.25) is 0 Å². The van der Waals surface area contributed by atoms with Crippen molar-refractivity contribution >= 4 is 18.9 Å². The summed E-state index contributed by atoms with van der Waals surface area (Å²) in [5.41, 5.74) is 0.328. The van der Waals surface area contributed by atoms with Crippen molar-refractivity contribution in [1.82, 2.24) is 5.16 Å². The first-order chi connectivity index (χ1) is 8.94. The van der Waals surface area contributed by atoms with E-state index in [1.807, 2.05) is 17.5 Å². The van der Waals surface area contributed by atoms with Gasteiger partial charge in [-0.25, -0.2) is 0 Å². The summed E-state index contributed by atoms with van der Waals surface area (Å²) in [7, 11) is -4.31. The summed E-state index contributed by atoms with van der Waals surface area (Å²) in [5.74, 6) is 0.546. The highest BCUT2D eigenvalue weighted by atomic mass is 32.1. The molecular formula is C12H16NO4PS. The standard InChI is InChI=1S/C12H16NO4PS/c1-3-12(4-2,18(14,15)16)11-8-9(17-13-11)10-6-5-7-19-10/h5-8H,3-4H2,1-2H3,(H2,14,15,16). The zero-order valence-corrected chi connectivity index (χ0v) is 12.4. The van der Waals surface area contributed by atoms with Gasteiger partial charge in [-0.2, -0.15) is 0 Å². The van der Waals surface area contributed by atoms with Crippen LogP contribution in [0.1, 0.15) is 32.4 Å². The van der Waals surface area contributed by atoms with Crippen molar-refractivity contribution < 1.29 is 18.9 Å². The van der Waals surface area contributed by atoms with Crippen LogP contribution >= 0.6 is 18.9 Å². The maximum Gasteiger partial charge on any atom is 0.337 e. The second-order valence-corrected chi connectivity index (χ2v) is 7.23. The molecule has 2 N–H and O–H groups in total. The van der Waals surface area contributed by atoms with Gasteiger partial charge in [-0.05, 0) is 24.3 Å². The van der Waals surface area contributed by atoms with E-state index in [9.17, 15) is 14.4 Å². The zero-order chi connectivity index (χ0) is 14.1. The lowest BCUT2D eigenvalue weighted by Gasteiger charge is -2.29. The topological polar surface area (TPSA) is 83.6 Å². The third-order valence-electron chi connectivity index (χ3n) is 3.48. The lowest BCUT2D eigenvalue weighted by atomic mass is 9.98. The van der Waals surface area contributed by atoms with Gasteiger partial charge in [0.1, 0.15) is 10.9 Å². The fraction of sp³-hybridized carbons (Fsp3) is 0.417. The Morgan fingerprint density at radius 3 is 2.58 bits per heavy atom. The van der Waals surface area contributed by atoms with Crippen molar-refractivity contribution in [3.05, 3.63) is 29.3 Å². The van der Waals surface area contributed by atoms with Crippen molar-refractivity contribution in [2.24, 2.45) is 0 Å². The molecule has 0 spiro atoms. The monoisotopic (exact) mass is 301 g/mol. The lowest BCUT2D eigenvalue weighted by Crippen LogP contribution is -2.24. The molecule has 5 nitrogen and oxygen atoms in total. The van der Waals surface area contributed by atoms with Crippen LogP contribution in [0.3, 0.4) is 0 Å². The van der Waals surface area contributed by atoms with E-state index < -0.39 is 12.8 Å². The molecule has 2 aromatic rings. The van der Waals surface area contributed by atoms with Gasteiger partial charge in [-0.3, -0.25) is 4.57 Å². The molecule has 0 fully saturated rings. The van der Waals surface area contributed by atoms with Crippen molar-refractivity contribution in [1.29, 1.82) is 0 Å². The molecule has 2 heterocycles. The van der Waals surface area contributed by atoms with E-state index >= 15 is 0 Å². The minimum absolute atomic E-state index is 0.310. The molecule has 104 valence electrons. The Labute approximate surface area is 115 Å². The van der Waals surface area contributed by atoms with Gasteiger partial charge in [0, 0.05) is 6.07 Å². The summed E-state index contributed by atoms with van der Waals surface area (Å²) in [4.78, 5) is 20.2. The van der Waals surface area contributed by atoms with Crippen molar-refractivity contribution in [2.75, 3.05) is 0 Å². The predicted octanol–water partition coefficient (Wildman–Crippen LogP) is 3.60. The Hall–Kier alpha value is -0.940. The molecule has 0 atom stereocenters. The zero-order valence-electron chi connectivity index (χ0n) is 10.7. The highest BCUT2D eigenvalue weighted by Crippen LogP contribution is 2.60. The molecular weight excluding hydrogens is 285 g/mol. The molecule has 0 saturated heterocycles. The highest BCUT2D eigenvalue weighted by molar-refractivity contribution is 7.53. The molecule has 0 saturated carbocycles. The molecule has 0 aliphatic carbocycles.